The third-order valence-electron chi connectivity index (χ3n) is 2.69. The van der Waals surface area contributed by atoms with E-state index in [4.69, 9.17) is 9.90 Å². The van der Waals surface area contributed by atoms with E-state index in [0.717, 1.165) is 19.8 Å². The summed E-state index contributed by atoms with van der Waals surface area (Å²) in [5.74, 6) is -0.833. The van der Waals surface area contributed by atoms with Gasteiger partial charge in [-0.3, -0.25) is 4.79 Å². The molecule has 0 spiro atoms. The van der Waals surface area contributed by atoms with Crippen LogP contribution in [0.2, 0.25) is 0 Å². The molecule has 1 unspecified atom stereocenters. The first kappa shape index (κ1) is 11.5. The molecule has 0 aromatic rings. The third-order valence-corrected chi connectivity index (χ3v) is 2.69. The van der Waals surface area contributed by atoms with Gasteiger partial charge in [-0.25, -0.2) is 0 Å². The predicted molar refractivity (Wildman–Crippen MR) is 53.1 cm³/mol. The summed E-state index contributed by atoms with van der Waals surface area (Å²) in [5, 5.41) is 20.3. The van der Waals surface area contributed by atoms with Gasteiger partial charge in [-0.2, -0.15) is 0 Å². The Morgan fingerprint density at radius 1 is 1.29 bits per heavy atom. The molecule has 3 atom stereocenters. The van der Waals surface area contributed by atoms with Crippen molar-refractivity contribution in [2.24, 2.45) is 0 Å². The van der Waals surface area contributed by atoms with Crippen LogP contribution in [0.3, 0.4) is 0 Å². The molecule has 0 aromatic heterocycles. The van der Waals surface area contributed by atoms with Gasteiger partial charge in [0.15, 0.2) is 0 Å². The smallest absolute Gasteiger partial charge is 0.300 e. The van der Waals surface area contributed by atoms with E-state index in [1.54, 1.807) is 0 Å². The lowest BCUT2D eigenvalue weighted by Gasteiger charge is -2.38. The number of carbonyl (C=O) groups is 1. The molecule has 2 bridgehead atoms. The molecule has 82 valence electrons. The Morgan fingerprint density at radius 2 is 1.71 bits per heavy atom. The lowest BCUT2D eigenvalue weighted by molar-refractivity contribution is -0.134. The normalized spacial score (nSPS) is 35.4. The van der Waals surface area contributed by atoms with Crippen molar-refractivity contribution in [1.82, 2.24) is 5.32 Å². The number of aliphatic hydroxyl groups is 1. The molecule has 2 heterocycles. The maximum atomic E-state index is 9.38. The molecule has 14 heavy (non-hydrogen) atoms. The molecule has 0 aliphatic carbocycles. The van der Waals surface area contributed by atoms with Gasteiger partial charge in [-0.1, -0.05) is 6.42 Å². The minimum Gasteiger partial charge on any atom is -0.481 e. The van der Waals surface area contributed by atoms with E-state index in [9.17, 15) is 5.11 Å². The van der Waals surface area contributed by atoms with Crippen molar-refractivity contribution in [3.63, 3.8) is 0 Å². The molecule has 4 nitrogen and oxygen atoms in total. The molecular formula is C10H19NO3. The number of aliphatic hydroxyl groups excluding tert-OH is 1. The summed E-state index contributed by atoms with van der Waals surface area (Å²) in [6.45, 7) is 1.08. The van der Waals surface area contributed by atoms with Crippen LogP contribution in [0.5, 0.6) is 0 Å². The van der Waals surface area contributed by atoms with Gasteiger partial charge in [0.1, 0.15) is 0 Å². The van der Waals surface area contributed by atoms with Crippen LogP contribution in [-0.2, 0) is 4.79 Å². The van der Waals surface area contributed by atoms with Crippen molar-refractivity contribution >= 4 is 5.97 Å². The number of nitrogens with one attached hydrogen (secondary N) is 1. The van der Waals surface area contributed by atoms with Crippen LogP contribution in [0.25, 0.3) is 0 Å². The molecule has 4 heteroatoms. The summed E-state index contributed by atoms with van der Waals surface area (Å²) in [6, 6.07) is 1.25. The van der Waals surface area contributed by atoms with E-state index in [2.05, 4.69) is 5.32 Å². The molecule has 2 aliphatic heterocycles. The maximum absolute atomic E-state index is 9.38. The minimum absolute atomic E-state index is 0.0171. The first-order valence-electron chi connectivity index (χ1n) is 5.21. The van der Waals surface area contributed by atoms with Crippen LogP contribution < -0.4 is 5.32 Å². The molecule has 0 amide bonds. The van der Waals surface area contributed by atoms with Gasteiger partial charge in [-0.05, 0) is 25.7 Å². The topological polar surface area (TPSA) is 69.6 Å². The number of fused-ring (bicyclic) bond motifs is 2. The summed E-state index contributed by atoms with van der Waals surface area (Å²) in [4.78, 5) is 9.00. The van der Waals surface area contributed by atoms with Crippen molar-refractivity contribution in [3.8, 4) is 0 Å². The third kappa shape index (κ3) is 4.07. The Bertz CT molecular complexity index is 176. The fraction of sp³-hybridized carbons (Fsp3) is 0.900. The Hall–Kier alpha value is -0.610. The Morgan fingerprint density at radius 3 is 2.14 bits per heavy atom. The Labute approximate surface area is 84.3 Å². The highest BCUT2D eigenvalue weighted by molar-refractivity contribution is 5.62. The number of carboxylic acids is 1. The highest BCUT2D eigenvalue weighted by Crippen LogP contribution is 2.25. The van der Waals surface area contributed by atoms with Gasteiger partial charge < -0.3 is 15.5 Å². The van der Waals surface area contributed by atoms with E-state index in [-0.39, 0.29) is 6.10 Å². The summed E-state index contributed by atoms with van der Waals surface area (Å²) < 4.78 is 0. The zero-order valence-electron chi connectivity index (χ0n) is 8.57. The van der Waals surface area contributed by atoms with Gasteiger partial charge >= 0.3 is 0 Å². The molecule has 2 fully saturated rings. The monoisotopic (exact) mass is 201 g/mol. The van der Waals surface area contributed by atoms with Crippen molar-refractivity contribution in [3.05, 3.63) is 0 Å². The van der Waals surface area contributed by atoms with Crippen LogP contribution >= 0.6 is 0 Å². The van der Waals surface area contributed by atoms with Gasteiger partial charge in [0, 0.05) is 19.0 Å². The second kappa shape index (κ2) is 5.32. The number of hydrogen-bond donors (Lipinski definition) is 3. The molecule has 3 N–H and O–H groups in total. The first-order valence-corrected chi connectivity index (χ1v) is 5.21. The highest BCUT2D eigenvalue weighted by atomic mass is 16.4. The molecule has 2 aliphatic rings. The summed E-state index contributed by atoms with van der Waals surface area (Å²) in [5.41, 5.74) is 0. The first-order chi connectivity index (χ1) is 6.58. The average Bonchev–Trinajstić information content (AvgIpc) is 2.01. The maximum Gasteiger partial charge on any atom is 0.300 e. The number of aliphatic carboxylic acids is 1. The van der Waals surface area contributed by atoms with Gasteiger partial charge in [-0.15, -0.1) is 0 Å². The number of carboxylic acid groups (broad SMARTS) is 1. The van der Waals surface area contributed by atoms with E-state index < -0.39 is 5.97 Å². The van der Waals surface area contributed by atoms with E-state index in [1.807, 2.05) is 0 Å². The van der Waals surface area contributed by atoms with Gasteiger partial charge in [0.25, 0.3) is 5.97 Å². The molecule has 2 rings (SSSR count). The van der Waals surface area contributed by atoms with Crippen molar-refractivity contribution < 1.29 is 15.0 Å². The number of piperidine rings is 2. The van der Waals surface area contributed by atoms with E-state index >= 15 is 0 Å². The van der Waals surface area contributed by atoms with Crippen LogP contribution in [0.4, 0.5) is 0 Å². The predicted octanol–water partition coefficient (Wildman–Crippen LogP) is 0.743. The fourth-order valence-corrected chi connectivity index (χ4v) is 2.24. The zero-order valence-corrected chi connectivity index (χ0v) is 8.57. The van der Waals surface area contributed by atoms with Crippen LogP contribution in [-0.4, -0.2) is 34.4 Å². The SMILES string of the molecule is CC(=O)O.OC1C[C@H]2CCC[C@@H](C1)N2. The van der Waals surface area contributed by atoms with Crippen molar-refractivity contribution in [1.29, 1.82) is 0 Å². The lowest BCUT2D eigenvalue weighted by atomic mass is 9.85. The second-order valence-electron chi connectivity index (χ2n) is 4.14. The summed E-state index contributed by atoms with van der Waals surface area (Å²) >= 11 is 0. The van der Waals surface area contributed by atoms with Crippen LogP contribution in [0.1, 0.15) is 39.0 Å². The number of hydrogen-bond acceptors (Lipinski definition) is 3. The zero-order chi connectivity index (χ0) is 10.6. The molecule has 2 saturated heterocycles. The highest BCUT2D eigenvalue weighted by Gasteiger charge is 2.29. The number of rotatable bonds is 0. The second-order valence-corrected chi connectivity index (χ2v) is 4.14. The molecule has 0 radical (unpaired) electrons. The molecular weight excluding hydrogens is 182 g/mol. The van der Waals surface area contributed by atoms with Crippen molar-refractivity contribution in [2.75, 3.05) is 0 Å². The molecule has 0 saturated carbocycles. The van der Waals surface area contributed by atoms with Crippen LogP contribution in [0, 0.1) is 0 Å². The van der Waals surface area contributed by atoms with Gasteiger partial charge in [0.2, 0.25) is 0 Å². The standard InChI is InChI=1S/C8H15NO.C2H4O2/c10-8-4-6-2-1-3-7(5-8)9-6;1-2(3)4/h6-10H,1-5H2;1H3,(H,3,4)/t6-,7+,8?;. The fourth-order valence-electron chi connectivity index (χ4n) is 2.24. The lowest BCUT2D eigenvalue weighted by Crippen LogP contribution is -2.50. The average molecular weight is 201 g/mol. The van der Waals surface area contributed by atoms with Gasteiger partial charge in [0.05, 0.1) is 6.10 Å². The summed E-state index contributed by atoms with van der Waals surface area (Å²) in [7, 11) is 0. The quantitative estimate of drug-likeness (QED) is 0.540. The van der Waals surface area contributed by atoms with E-state index in [1.165, 1.54) is 19.3 Å². The van der Waals surface area contributed by atoms with Crippen LogP contribution in [0.15, 0.2) is 0 Å². The summed E-state index contributed by atoms with van der Waals surface area (Å²) in [6.07, 6.45) is 5.85. The van der Waals surface area contributed by atoms with E-state index in [0.29, 0.717) is 12.1 Å². The van der Waals surface area contributed by atoms with Crippen molar-refractivity contribution in [2.45, 2.75) is 57.2 Å². The largest absolute Gasteiger partial charge is 0.481 e. The Balaban J connectivity index is 0.000000213. The Kier molecular flexibility index (Phi) is 4.35. The minimum atomic E-state index is -0.833. The molecule has 0 aromatic carbocycles.